The lowest BCUT2D eigenvalue weighted by molar-refractivity contribution is -0.0581. The van der Waals surface area contributed by atoms with Gasteiger partial charge in [-0.3, -0.25) is 18.6 Å². The fourth-order valence-electron chi connectivity index (χ4n) is 10.7. The van der Waals surface area contributed by atoms with Crippen LogP contribution in [0.2, 0.25) is 0 Å². The van der Waals surface area contributed by atoms with E-state index in [0.29, 0.717) is 50.3 Å². The predicted molar refractivity (Wildman–Crippen MR) is 222 cm³/mol. The van der Waals surface area contributed by atoms with Crippen LogP contribution in [0.4, 0.5) is 4.79 Å². The molecule has 0 aromatic carbocycles. The molecule has 0 bridgehead atoms. The maximum absolute atomic E-state index is 13.0. The van der Waals surface area contributed by atoms with Crippen molar-refractivity contribution in [2.45, 2.75) is 131 Å². The van der Waals surface area contributed by atoms with Crippen LogP contribution in [0.3, 0.4) is 0 Å². The van der Waals surface area contributed by atoms with Crippen LogP contribution < -0.4 is 16.8 Å². The summed E-state index contributed by atoms with van der Waals surface area (Å²) in [4.78, 5) is 16.5. The van der Waals surface area contributed by atoms with E-state index in [4.69, 9.17) is 44.7 Å². The fraction of sp³-hybridized carbons (Fsp3) is 0.881. The number of nitrogens with zero attached hydrogens (tertiary/aromatic N) is 1. The Morgan fingerprint density at radius 3 is 2.38 bits per heavy atom. The van der Waals surface area contributed by atoms with E-state index in [1.54, 1.807) is 6.92 Å². The highest BCUT2D eigenvalue weighted by atomic mass is 31.2. The topological polar surface area (TPSA) is 190 Å². The second-order valence-corrected chi connectivity index (χ2v) is 19.5. The van der Waals surface area contributed by atoms with E-state index in [0.717, 1.165) is 54.8 Å². The quantitative estimate of drug-likeness (QED) is 0.0229. The minimum Gasteiger partial charge on any atom is -0.446 e. The number of nitrogens with two attached hydrogens (primary N) is 2. The van der Waals surface area contributed by atoms with Gasteiger partial charge in [0, 0.05) is 18.7 Å². The third-order valence-corrected chi connectivity index (χ3v) is 15.0. The number of aliphatic imine (C=N–C) groups is 1. The van der Waals surface area contributed by atoms with Crippen LogP contribution in [-0.4, -0.2) is 83.2 Å². The van der Waals surface area contributed by atoms with Gasteiger partial charge in [-0.15, -0.1) is 0 Å². The second kappa shape index (κ2) is 22.4. The van der Waals surface area contributed by atoms with Crippen molar-refractivity contribution in [3.63, 3.8) is 0 Å². The summed E-state index contributed by atoms with van der Waals surface area (Å²) in [7, 11) is -3.85. The smallest absolute Gasteiger partial charge is 0.446 e. The number of fused-ring (bicyclic) bond motifs is 5. The molecule has 0 saturated heterocycles. The summed E-state index contributed by atoms with van der Waals surface area (Å²) in [5, 5.41) is 10.4. The summed E-state index contributed by atoms with van der Waals surface area (Å²) in [6, 6.07) is 0. The van der Waals surface area contributed by atoms with Gasteiger partial charge in [0.1, 0.15) is 6.10 Å². The van der Waals surface area contributed by atoms with E-state index in [-0.39, 0.29) is 50.5 Å². The summed E-state index contributed by atoms with van der Waals surface area (Å²) < 4.78 is 46.1. The molecule has 0 spiro atoms. The van der Waals surface area contributed by atoms with Gasteiger partial charge in [0.2, 0.25) is 0 Å². The number of ether oxygens (including phenoxy) is 3. The van der Waals surface area contributed by atoms with E-state index >= 15 is 0 Å². The molecule has 4 aliphatic rings. The average Bonchev–Trinajstić information content (AvgIpc) is 3.50. The molecule has 9 unspecified atom stereocenters. The van der Waals surface area contributed by atoms with Crippen molar-refractivity contribution in [3.05, 3.63) is 11.6 Å². The summed E-state index contributed by atoms with van der Waals surface area (Å²) in [5.74, 6) is 4.78. The molecule has 0 aromatic rings. The molecule has 13 nitrogen and oxygen atoms in total. The molecule has 1 amide bonds. The zero-order valence-electron chi connectivity index (χ0n) is 35.5. The molecule has 0 aliphatic heterocycles. The first-order chi connectivity index (χ1) is 26.7. The van der Waals surface area contributed by atoms with Crippen LogP contribution in [-0.2, 0) is 32.3 Å². The second-order valence-electron chi connectivity index (χ2n) is 17.8. The Balaban J connectivity index is 1.10. The van der Waals surface area contributed by atoms with E-state index < -0.39 is 13.9 Å². The number of amides is 1. The summed E-state index contributed by atoms with van der Waals surface area (Å²) in [5.41, 5.74) is 13.4. The van der Waals surface area contributed by atoms with Crippen molar-refractivity contribution in [1.29, 1.82) is 5.41 Å². The van der Waals surface area contributed by atoms with E-state index in [1.807, 2.05) is 0 Å². The SMILES string of the molecule is CC(=N)CCCOP(=O)(OCCN=C(N)N)OCCOCCOCCNC(=O)OC1CCC2(C)C(=CCC3C2CCC2(C)C(C(C)CCCC(C)C)CCC32)C1. The Labute approximate surface area is 337 Å². The number of nitrogens with one attached hydrogen (secondary N) is 2. The molecule has 0 heterocycles. The Morgan fingerprint density at radius 2 is 1.64 bits per heavy atom. The first-order valence-corrected chi connectivity index (χ1v) is 23.1. The van der Waals surface area contributed by atoms with Gasteiger partial charge in [0.15, 0.2) is 5.96 Å². The van der Waals surface area contributed by atoms with Gasteiger partial charge < -0.3 is 36.4 Å². The Morgan fingerprint density at radius 1 is 0.929 bits per heavy atom. The fourth-order valence-corrected chi connectivity index (χ4v) is 11.8. The highest BCUT2D eigenvalue weighted by molar-refractivity contribution is 7.48. The molecule has 56 heavy (non-hydrogen) atoms. The molecule has 0 aromatic heterocycles. The summed E-state index contributed by atoms with van der Waals surface area (Å²) >= 11 is 0. The van der Waals surface area contributed by atoms with Gasteiger partial charge in [-0.1, -0.05) is 65.5 Å². The van der Waals surface area contributed by atoms with Crippen molar-refractivity contribution >= 4 is 25.6 Å². The summed E-state index contributed by atoms with van der Waals surface area (Å²) in [6.07, 6.45) is 16.8. The van der Waals surface area contributed by atoms with Crippen molar-refractivity contribution in [2.24, 2.45) is 62.8 Å². The van der Waals surface area contributed by atoms with Crippen molar-refractivity contribution in [3.8, 4) is 0 Å². The zero-order valence-corrected chi connectivity index (χ0v) is 36.4. The van der Waals surface area contributed by atoms with Crippen LogP contribution in [0.15, 0.2) is 16.6 Å². The number of guanidine groups is 1. The maximum Gasteiger partial charge on any atom is 0.474 e. The molecule has 3 saturated carbocycles. The predicted octanol–water partition coefficient (Wildman–Crippen LogP) is 8.41. The highest BCUT2D eigenvalue weighted by Gasteiger charge is 2.59. The highest BCUT2D eigenvalue weighted by Crippen LogP contribution is 2.67. The largest absolute Gasteiger partial charge is 0.474 e. The number of carbonyl (C=O) groups is 1. The third-order valence-electron chi connectivity index (χ3n) is 13.5. The Bertz CT molecular complexity index is 1360. The number of hydrogen-bond acceptors (Lipinski definition) is 10. The number of phosphoric acid groups is 1. The maximum atomic E-state index is 13.0. The molecule has 4 aliphatic carbocycles. The van der Waals surface area contributed by atoms with Crippen LogP contribution in [0, 0.1) is 51.7 Å². The number of carbonyl (C=O) groups excluding carboxylic acids is 1. The number of rotatable bonds is 25. The monoisotopic (exact) mass is 810 g/mol. The van der Waals surface area contributed by atoms with Gasteiger partial charge in [0.05, 0.1) is 52.8 Å². The zero-order chi connectivity index (χ0) is 40.8. The Kier molecular flexibility index (Phi) is 18.6. The first-order valence-electron chi connectivity index (χ1n) is 21.6. The lowest BCUT2D eigenvalue weighted by atomic mass is 9.47. The van der Waals surface area contributed by atoms with E-state index in [2.05, 4.69) is 51.0 Å². The Hall–Kier alpha value is -2.02. The summed E-state index contributed by atoms with van der Waals surface area (Å²) in [6.45, 7) is 15.7. The molecule has 6 N–H and O–H groups in total. The van der Waals surface area contributed by atoms with Gasteiger partial charge in [-0.25, -0.2) is 9.36 Å². The molecule has 3 fully saturated rings. The van der Waals surface area contributed by atoms with Gasteiger partial charge in [-0.05, 0) is 111 Å². The molecule has 4 rings (SSSR count). The molecule has 0 radical (unpaired) electrons. The van der Waals surface area contributed by atoms with Gasteiger partial charge in [0.25, 0.3) is 0 Å². The van der Waals surface area contributed by atoms with Crippen molar-refractivity contribution in [1.82, 2.24) is 5.32 Å². The number of alkyl carbamates (subject to hydrolysis) is 1. The van der Waals surface area contributed by atoms with E-state index in [1.165, 1.54) is 56.9 Å². The van der Waals surface area contributed by atoms with Crippen LogP contribution in [0.25, 0.3) is 0 Å². The molecule has 14 heteroatoms. The number of phosphoric ester groups is 1. The third kappa shape index (κ3) is 13.5. The molecule has 9 atom stereocenters. The lowest BCUT2D eigenvalue weighted by Gasteiger charge is -2.58. The molecule has 322 valence electrons. The normalized spacial score (nSPS) is 30.0. The minimum absolute atomic E-state index is 0.0203. The molecular weight excluding hydrogens is 733 g/mol. The van der Waals surface area contributed by atoms with Crippen LogP contribution in [0.5, 0.6) is 0 Å². The van der Waals surface area contributed by atoms with E-state index in [9.17, 15) is 9.36 Å². The van der Waals surface area contributed by atoms with Crippen molar-refractivity contribution < 1.29 is 37.1 Å². The minimum atomic E-state index is -3.85. The number of hydrogen-bond donors (Lipinski definition) is 4. The van der Waals surface area contributed by atoms with Crippen LogP contribution in [0.1, 0.15) is 125 Å². The molecular formula is C42H76N5O8P. The number of allylic oxidation sites excluding steroid dienone is 1. The lowest BCUT2D eigenvalue weighted by Crippen LogP contribution is -2.51. The van der Waals surface area contributed by atoms with Crippen LogP contribution >= 0.6 is 7.82 Å². The standard InChI is InChI=1S/C42H76N5O8P/c1-30(2)9-7-10-31(3)36-14-15-37-35-13-12-33-29-34(16-18-41(33,5)38(35)17-19-42(36,37)6)55-40(48)47-20-23-50-25-26-51-27-28-54-56(49,52-22-8-11-32(4)43)53-24-21-46-39(44)45/h12,30-31,34-38,43H,7-11,13-29H2,1-6H3,(H,47,48)(H4,44,45,46). The van der Waals surface area contributed by atoms with Gasteiger partial charge >= 0.3 is 13.9 Å². The van der Waals surface area contributed by atoms with Crippen molar-refractivity contribution in [2.75, 3.05) is 59.3 Å². The average molecular weight is 810 g/mol. The first kappa shape index (κ1) is 46.7. The van der Waals surface area contributed by atoms with Gasteiger partial charge in [-0.2, -0.15) is 0 Å².